The molecule has 0 saturated carbocycles. The molecule has 1 N–H and O–H groups in total. The number of rotatable bonds is 10. The predicted octanol–water partition coefficient (Wildman–Crippen LogP) is 3.86. The maximum atomic E-state index is 13.1. The first kappa shape index (κ1) is 24.3. The molecule has 1 aliphatic heterocycles. The molecule has 7 heteroatoms. The molecule has 3 rings (SSSR count). The number of amides is 1. The Morgan fingerprint density at radius 3 is 2.39 bits per heavy atom. The molecule has 176 valence electrons. The Labute approximate surface area is 195 Å². The lowest BCUT2D eigenvalue weighted by atomic mass is 9.95. The van der Waals surface area contributed by atoms with Crippen LogP contribution in [-0.4, -0.2) is 67.0 Å². The van der Waals surface area contributed by atoms with Gasteiger partial charge in [0.1, 0.15) is 17.3 Å². The van der Waals surface area contributed by atoms with E-state index in [4.69, 9.17) is 9.47 Å². The number of likely N-dealkylation sites (tertiary alicyclic amines) is 1. The fourth-order valence-corrected chi connectivity index (χ4v) is 3.79. The SMILES string of the molecule is CCCOc1ccc(C2/C(=C(/O)c3cccc(OCC)c3)C(=O)C(=O)N2CCN(C)C)cc1. The van der Waals surface area contributed by atoms with Crippen molar-refractivity contribution in [3.05, 3.63) is 65.2 Å². The normalized spacial score (nSPS) is 17.6. The Morgan fingerprint density at radius 2 is 1.76 bits per heavy atom. The molecular formula is C26H32N2O5. The summed E-state index contributed by atoms with van der Waals surface area (Å²) in [6.07, 6.45) is 0.896. The second-order valence-electron chi connectivity index (χ2n) is 8.17. The zero-order chi connectivity index (χ0) is 24.0. The van der Waals surface area contributed by atoms with Crippen molar-refractivity contribution in [3.8, 4) is 11.5 Å². The van der Waals surface area contributed by atoms with Crippen LogP contribution in [0.2, 0.25) is 0 Å². The summed E-state index contributed by atoms with van der Waals surface area (Å²) < 4.78 is 11.2. The molecule has 1 heterocycles. The van der Waals surface area contributed by atoms with Gasteiger partial charge in [0, 0.05) is 18.7 Å². The first-order valence-electron chi connectivity index (χ1n) is 11.3. The van der Waals surface area contributed by atoms with Crippen molar-refractivity contribution in [3.63, 3.8) is 0 Å². The molecule has 0 aromatic heterocycles. The summed E-state index contributed by atoms with van der Waals surface area (Å²) in [5.41, 5.74) is 1.24. The minimum Gasteiger partial charge on any atom is -0.507 e. The summed E-state index contributed by atoms with van der Waals surface area (Å²) in [6.45, 7) is 5.93. The molecule has 0 bridgehead atoms. The van der Waals surface area contributed by atoms with Crippen molar-refractivity contribution < 1.29 is 24.2 Å². The number of aliphatic hydroxyl groups excluding tert-OH is 1. The number of likely N-dealkylation sites (N-methyl/N-ethyl adjacent to an activating group) is 1. The number of ether oxygens (including phenoxy) is 2. The van der Waals surface area contributed by atoms with E-state index in [1.165, 1.54) is 4.90 Å². The number of ketones is 1. The van der Waals surface area contributed by atoms with Crippen molar-refractivity contribution >= 4 is 17.4 Å². The van der Waals surface area contributed by atoms with Crippen LogP contribution in [0.5, 0.6) is 11.5 Å². The summed E-state index contributed by atoms with van der Waals surface area (Å²) in [4.78, 5) is 29.6. The van der Waals surface area contributed by atoms with Crippen LogP contribution in [0.15, 0.2) is 54.1 Å². The van der Waals surface area contributed by atoms with Crippen molar-refractivity contribution in [1.29, 1.82) is 0 Å². The van der Waals surface area contributed by atoms with E-state index in [0.29, 0.717) is 37.6 Å². The summed E-state index contributed by atoms with van der Waals surface area (Å²) >= 11 is 0. The van der Waals surface area contributed by atoms with Crippen LogP contribution < -0.4 is 9.47 Å². The number of carbonyl (C=O) groups excluding carboxylic acids is 2. The molecule has 0 spiro atoms. The van der Waals surface area contributed by atoms with Crippen molar-refractivity contribution in [1.82, 2.24) is 9.80 Å². The van der Waals surface area contributed by atoms with Crippen LogP contribution in [0.25, 0.3) is 5.76 Å². The molecule has 1 unspecified atom stereocenters. The molecule has 2 aromatic carbocycles. The van der Waals surface area contributed by atoms with Gasteiger partial charge in [-0.2, -0.15) is 0 Å². The lowest BCUT2D eigenvalue weighted by Crippen LogP contribution is -2.35. The average Bonchev–Trinajstić information content (AvgIpc) is 3.06. The number of benzene rings is 2. The highest BCUT2D eigenvalue weighted by Crippen LogP contribution is 2.40. The third-order valence-electron chi connectivity index (χ3n) is 5.42. The standard InChI is InChI=1S/C26H32N2O5/c1-5-16-33-20-12-10-18(11-13-20)23-22(25(30)26(31)28(23)15-14-27(3)4)24(29)19-8-7-9-21(17-19)32-6-2/h7-13,17,23,29H,5-6,14-16H2,1-4H3/b24-22-. The van der Waals surface area contributed by atoms with Crippen LogP contribution >= 0.6 is 0 Å². The first-order chi connectivity index (χ1) is 15.9. The second-order valence-corrected chi connectivity index (χ2v) is 8.17. The lowest BCUT2D eigenvalue weighted by molar-refractivity contribution is -0.140. The molecule has 0 aliphatic carbocycles. The van der Waals surface area contributed by atoms with Gasteiger partial charge in [-0.05, 0) is 57.3 Å². The van der Waals surface area contributed by atoms with E-state index in [9.17, 15) is 14.7 Å². The number of nitrogens with zero attached hydrogens (tertiary/aromatic N) is 2. The van der Waals surface area contributed by atoms with Gasteiger partial charge in [0.05, 0.1) is 24.8 Å². The fourth-order valence-electron chi connectivity index (χ4n) is 3.79. The van der Waals surface area contributed by atoms with Crippen molar-refractivity contribution in [2.45, 2.75) is 26.3 Å². The van der Waals surface area contributed by atoms with E-state index in [1.54, 1.807) is 24.3 Å². The van der Waals surface area contributed by atoms with E-state index in [0.717, 1.165) is 17.7 Å². The van der Waals surface area contributed by atoms with Gasteiger partial charge in [0.2, 0.25) is 0 Å². The van der Waals surface area contributed by atoms with Gasteiger partial charge in [0.15, 0.2) is 0 Å². The minimum absolute atomic E-state index is 0.0784. The van der Waals surface area contributed by atoms with Gasteiger partial charge in [-0.25, -0.2) is 0 Å². The van der Waals surface area contributed by atoms with Gasteiger partial charge in [0.25, 0.3) is 11.7 Å². The zero-order valence-electron chi connectivity index (χ0n) is 19.7. The monoisotopic (exact) mass is 452 g/mol. The summed E-state index contributed by atoms with van der Waals surface area (Å²) in [6, 6.07) is 13.5. The summed E-state index contributed by atoms with van der Waals surface area (Å²) in [5.74, 6) is -0.216. The largest absolute Gasteiger partial charge is 0.507 e. The maximum absolute atomic E-state index is 13.1. The Bertz CT molecular complexity index is 1010. The topological polar surface area (TPSA) is 79.3 Å². The van der Waals surface area contributed by atoms with E-state index in [2.05, 4.69) is 0 Å². The fraction of sp³-hybridized carbons (Fsp3) is 0.385. The first-order valence-corrected chi connectivity index (χ1v) is 11.3. The molecule has 1 saturated heterocycles. The van der Waals surface area contributed by atoms with E-state index >= 15 is 0 Å². The number of hydrogen-bond donors (Lipinski definition) is 1. The molecular weight excluding hydrogens is 420 g/mol. The van der Waals surface area contributed by atoms with Crippen LogP contribution in [0.3, 0.4) is 0 Å². The van der Waals surface area contributed by atoms with Crippen LogP contribution in [0.4, 0.5) is 0 Å². The highest BCUT2D eigenvalue weighted by atomic mass is 16.5. The summed E-state index contributed by atoms with van der Waals surface area (Å²) in [5, 5.41) is 11.2. The molecule has 33 heavy (non-hydrogen) atoms. The van der Waals surface area contributed by atoms with Gasteiger partial charge in [-0.1, -0.05) is 31.2 Å². The van der Waals surface area contributed by atoms with Crippen LogP contribution in [0, 0.1) is 0 Å². The predicted molar refractivity (Wildman–Crippen MR) is 127 cm³/mol. The average molecular weight is 453 g/mol. The third-order valence-corrected chi connectivity index (χ3v) is 5.42. The van der Waals surface area contributed by atoms with Crippen LogP contribution in [0.1, 0.15) is 37.4 Å². The smallest absolute Gasteiger partial charge is 0.295 e. The second kappa shape index (κ2) is 11.0. The molecule has 1 fully saturated rings. The van der Waals surface area contributed by atoms with E-state index < -0.39 is 17.7 Å². The van der Waals surface area contributed by atoms with Crippen molar-refractivity contribution in [2.24, 2.45) is 0 Å². The van der Waals surface area contributed by atoms with E-state index in [-0.39, 0.29) is 11.3 Å². The number of Topliss-reactive ketones (excluding diaryl/α,β-unsaturated/α-hetero) is 1. The summed E-state index contributed by atoms with van der Waals surface area (Å²) in [7, 11) is 3.81. The van der Waals surface area contributed by atoms with Crippen LogP contribution in [-0.2, 0) is 9.59 Å². The van der Waals surface area contributed by atoms with Gasteiger partial charge in [-0.15, -0.1) is 0 Å². The molecule has 1 atom stereocenters. The molecule has 1 amide bonds. The third kappa shape index (κ3) is 5.54. The van der Waals surface area contributed by atoms with Gasteiger partial charge in [-0.3, -0.25) is 9.59 Å². The highest BCUT2D eigenvalue weighted by molar-refractivity contribution is 6.46. The Kier molecular flexibility index (Phi) is 8.11. The van der Waals surface area contributed by atoms with Gasteiger partial charge < -0.3 is 24.4 Å². The van der Waals surface area contributed by atoms with Gasteiger partial charge >= 0.3 is 0 Å². The number of hydrogen-bond acceptors (Lipinski definition) is 6. The lowest BCUT2D eigenvalue weighted by Gasteiger charge is -2.26. The Hall–Kier alpha value is -3.32. The minimum atomic E-state index is -0.694. The number of carbonyl (C=O) groups is 2. The molecule has 2 aromatic rings. The maximum Gasteiger partial charge on any atom is 0.295 e. The highest BCUT2D eigenvalue weighted by Gasteiger charge is 2.45. The zero-order valence-corrected chi connectivity index (χ0v) is 19.7. The molecule has 7 nitrogen and oxygen atoms in total. The van der Waals surface area contributed by atoms with E-state index in [1.807, 2.05) is 57.1 Å². The number of aliphatic hydroxyl groups is 1. The quantitative estimate of drug-likeness (QED) is 0.335. The molecule has 0 radical (unpaired) electrons. The van der Waals surface area contributed by atoms with Crippen molar-refractivity contribution in [2.75, 3.05) is 40.4 Å². The Balaban J connectivity index is 2.07. The molecule has 1 aliphatic rings. The Morgan fingerprint density at radius 1 is 1.03 bits per heavy atom.